The fourth-order valence-corrected chi connectivity index (χ4v) is 2.08. The van der Waals surface area contributed by atoms with Gasteiger partial charge in [-0.15, -0.1) is 0 Å². The number of carbonyl (C=O) groups excluding carboxylic acids is 1. The van der Waals surface area contributed by atoms with E-state index in [1.54, 1.807) is 48.5 Å². The molecule has 3 N–H and O–H groups in total. The minimum absolute atomic E-state index is 0.0980. The van der Waals surface area contributed by atoms with Crippen LogP contribution in [0.4, 0.5) is 0 Å². The third-order valence-corrected chi connectivity index (χ3v) is 3.11. The molecule has 4 nitrogen and oxygen atoms in total. The Labute approximate surface area is 117 Å². The Morgan fingerprint density at radius 2 is 1.40 bits per heavy atom. The first-order chi connectivity index (χ1) is 9.69. The molecule has 0 aliphatic carbocycles. The minimum Gasteiger partial charge on any atom is -0.395 e. The predicted molar refractivity (Wildman–Crippen MR) is 76.0 cm³/mol. The van der Waals surface area contributed by atoms with E-state index in [0.717, 1.165) is 0 Å². The Hall–Kier alpha value is -2.17. The number of rotatable bonds is 5. The number of nitrogens with one attached hydrogen (secondary N) is 1. The van der Waals surface area contributed by atoms with Gasteiger partial charge in [0.05, 0.1) is 6.61 Å². The first-order valence-electron chi connectivity index (χ1n) is 6.42. The van der Waals surface area contributed by atoms with Crippen molar-refractivity contribution in [1.29, 1.82) is 0 Å². The van der Waals surface area contributed by atoms with E-state index in [-0.39, 0.29) is 13.2 Å². The van der Waals surface area contributed by atoms with E-state index in [1.807, 2.05) is 12.1 Å². The van der Waals surface area contributed by atoms with E-state index in [0.29, 0.717) is 11.1 Å². The molecule has 4 heteroatoms. The van der Waals surface area contributed by atoms with Crippen LogP contribution in [0.3, 0.4) is 0 Å². The number of hydrogen-bond donors (Lipinski definition) is 3. The summed E-state index contributed by atoms with van der Waals surface area (Å²) in [6.45, 7) is -0.0772. The molecule has 0 fully saturated rings. The predicted octanol–water partition coefficient (Wildman–Crippen LogP) is 1.03. The Morgan fingerprint density at radius 1 is 0.950 bits per heavy atom. The van der Waals surface area contributed by atoms with Crippen LogP contribution in [0.15, 0.2) is 60.7 Å². The highest BCUT2D eigenvalue weighted by Crippen LogP contribution is 2.29. The molecule has 0 aliphatic rings. The zero-order chi connectivity index (χ0) is 14.4. The highest BCUT2D eigenvalue weighted by molar-refractivity contribution is 5.90. The molecule has 0 saturated carbocycles. The molecular formula is C16H17NO3. The lowest BCUT2D eigenvalue weighted by Gasteiger charge is -2.28. The maximum atomic E-state index is 12.4. The van der Waals surface area contributed by atoms with Crippen LogP contribution in [-0.4, -0.2) is 29.3 Å². The molecule has 2 rings (SSSR count). The van der Waals surface area contributed by atoms with Gasteiger partial charge in [-0.05, 0) is 11.1 Å². The maximum absolute atomic E-state index is 12.4. The van der Waals surface area contributed by atoms with Gasteiger partial charge in [-0.1, -0.05) is 60.7 Å². The molecule has 0 aromatic heterocycles. The topological polar surface area (TPSA) is 69.6 Å². The van der Waals surface area contributed by atoms with Crippen molar-refractivity contribution in [2.75, 3.05) is 13.2 Å². The summed E-state index contributed by atoms with van der Waals surface area (Å²) in [6, 6.07) is 17.5. The molecule has 2 aromatic carbocycles. The monoisotopic (exact) mass is 271 g/mol. The van der Waals surface area contributed by atoms with E-state index in [1.165, 1.54) is 0 Å². The summed E-state index contributed by atoms with van der Waals surface area (Å²) in [5.41, 5.74) is -0.791. The summed E-state index contributed by atoms with van der Waals surface area (Å²) < 4.78 is 0. The van der Waals surface area contributed by atoms with Crippen LogP contribution < -0.4 is 5.32 Å². The Balaban J connectivity index is 2.46. The lowest BCUT2D eigenvalue weighted by molar-refractivity contribution is -0.136. The van der Waals surface area contributed by atoms with Crippen molar-refractivity contribution in [2.24, 2.45) is 0 Å². The summed E-state index contributed by atoms with van der Waals surface area (Å²) in [6.07, 6.45) is 0. The Morgan fingerprint density at radius 3 is 1.80 bits per heavy atom. The van der Waals surface area contributed by atoms with Gasteiger partial charge in [0.2, 0.25) is 0 Å². The van der Waals surface area contributed by atoms with Gasteiger partial charge in [0.15, 0.2) is 5.60 Å². The summed E-state index contributed by atoms with van der Waals surface area (Å²) in [7, 11) is 0. The fourth-order valence-electron chi connectivity index (χ4n) is 2.08. The van der Waals surface area contributed by atoms with Crippen molar-refractivity contribution < 1.29 is 15.0 Å². The van der Waals surface area contributed by atoms with Crippen LogP contribution in [0, 0.1) is 0 Å². The molecule has 2 aromatic rings. The largest absolute Gasteiger partial charge is 0.395 e. The summed E-state index contributed by atoms with van der Waals surface area (Å²) in [5, 5.41) is 22.3. The summed E-state index contributed by atoms with van der Waals surface area (Å²) in [5.74, 6) is -0.552. The molecule has 0 spiro atoms. The summed E-state index contributed by atoms with van der Waals surface area (Å²) in [4.78, 5) is 12.4. The zero-order valence-electron chi connectivity index (χ0n) is 11.0. The Bertz CT molecular complexity index is 515. The molecule has 0 radical (unpaired) electrons. The highest BCUT2D eigenvalue weighted by atomic mass is 16.3. The maximum Gasteiger partial charge on any atom is 0.261 e. The van der Waals surface area contributed by atoms with Crippen LogP contribution in [0.25, 0.3) is 0 Å². The molecule has 0 unspecified atom stereocenters. The van der Waals surface area contributed by atoms with Crippen molar-refractivity contribution in [2.45, 2.75) is 5.60 Å². The van der Waals surface area contributed by atoms with Crippen molar-refractivity contribution in [1.82, 2.24) is 5.32 Å². The van der Waals surface area contributed by atoms with Crippen molar-refractivity contribution in [3.63, 3.8) is 0 Å². The van der Waals surface area contributed by atoms with Gasteiger partial charge < -0.3 is 15.5 Å². The van der Waals surface area contributed by atoms with Crippen LogP contribution in [0.1, 0.15) is 11.1 Å². The normalized spacial score (nSPS) is 11.1. The second-order valence-electron chi connectivity index (χ2n) is 4.42. The summed E-state index contributed by atoms with van der Waals surface area (Å²) >= 11 is 0. The molecule has 1 amide bonds. The smallest absolute Gasteiger partial charge is 0.261 e. The zero-order valence-corrected chi connectivity index (χ0v) is 11.0. The van der Waals surface area contributed by atoms with Gasteiger partial charge >= 0.3 is 0 Å². The number of aliphatic hydroxyl groups excluding tert-OH is 1. The first-order valence-corrected chi connectivity index (χ1v) is 6.42. The van der Waals surface area contributed by atoms with Gasteiger partial charge in [0.25, 0.3) is 5.91 Å². The molecule has 0 heterocycles. The number of carbonyl (C=O) groups is 1. The Kier molecular flexibility index (Phi) is 4.50. The minimum atomic E-state index is -1.77. The lowest BCUT2D eigenvalue weighted by atomic mass is 9.85. The second-order valence-corrected chi connectivity index (χ2v) is 4.42. The molecule has 0 bridgehead atoms. The third kappa shape index (κ3) is 2.71. The van der Waals surface area contributed by atoms with Crippen molar-refractivity contribution in [3.8, 4) is 0 Å². The van der Waals surface area contributed by atoms with Crippen LogP contribution in [-0.2, 0) is 10.4 Å². The molecule has 0 saturated heterocycles. The quantitative estimate of drug-likeness (QED) is 0.761. The van der Waals surface area contributed by atoms with Gasteiger partial charge in [0.1, 0.15) is 0 Å². The standard InChI is InChI=1S/C16H17NO3/c18-12-11-17-15(19)16(20,13-7-3-1-4-8-13)14-9-5-2-6-10-14/h1-10,18,20H,11-12H2,(H,17,19). The lowest BCUT2D eigenvalue weighted by Crippen LogP contribution is -2.46. The number of amides is 1. The van der Waals surface area contributed by atoms with Crippen molar-refractivity contribution in [3.05, 3.63) is 71.8 Å². The first kappa shape index (κ1) is 14.2. The van der Waals surface area contributed by atoms with E-state index >= 15 is 0 Å². The van der Waals surface area contributed by atoms with Crippen LogP contribution in [0.5, 0.6) is 0 Å². The van der Waals surface area contributed by atoms with Gasteiger partial charge in [0, 0.05) is 6.54 Å². The second kappa shape index (κ2) is 6.32. The highest BCUT2D eigenvalue weighted by Gasteiger charge is 2.39. The van der Waals surface area contributed by atoms with Gasteiger partial charge in [-0.3, -0.25) is 4.79 Å². The van der Waals surface area contributed by atoms with E-state index < -0.39 is 11.5 Å². The SMILES string of the molecule is O=C(NCCO)C(O)(c1ccccc1)c1ccccc1. The third-order valence-electron chi connectivity index (χ3n) is 3.11. The van der Waals surface area contributed by atoms with Crippen molar-refractivity contribution >= 4 is 5.91 Å². The molecule has 0 aliphatic heterocycles. The average molecular weight is 271 g/mol. The number of aliphatic hydroxyl groups is 2. The van der Waals surface area contributed by atoms with E-state index in [4.69, 9.17) is 5.11 Å². The van der Waals surface area contributed by atoms with Crippen LogP contribution in [0.2, 0.25) is 0 Å². The molecule has 20 heavy (non-hydrogen) atoms. The number of benzene rings is 2. The molecule has 0 atom stereocenters. The fraction of sp³-hybridized carbons (Fsp3) is 0.188. The molecular weight excluding hydrogens is 254 g/mol. The van der Waals surface area contributed by atoms with E-state index in [2.05, 4.69) is 5.32 Å². The average Bonchev–Trinajstić information content (AvgIpc) is 2.53. The van der Waals surface area contributed by atoms with Gasteiger partial charge in [-0.25, -0.2) is 0 Å². The van der Waals surface area contributed by atoms with Gasteiger partial charge in [-0.2, -0.15) is 0 Å². The number of hydrogen-bond acceptors (Lipinski definition) is 3. The van der Waals surface area contributed by atoms with E-state index in [9.17, 15) is 9.90 Å². The van der Waals surface area contributed by atoms with Crippen LogP contribution >= 0.6 is 0 Å². The molecule has 104 valence electrons.